The van der Waals surface area contributed by atoms with Crippen LogP contribution in [0, 0.1) is 6.92 Å². The molecule has 1 aromatic carbocycles. The molecule has 1 heteroatoms. The first-order chi connectivity index (χ1) is 6.20. The van der Waals surface area contributed by atoms with Gasteiger partial charge in [0.25, 0.3) is 0 Å². The van der Waals surface area contributed by atoms with E-state index in [0.717, 1.165) is 11.4 Å². The van der Waals surface area contributed by atoms with E-state index < -0.39 is 0 Å². The minimum atomic E-state index is 0.133. The van der Waals surface area contributed by atoms with Crippen molar-refractivity contribution in [3.8, 4) is 0 Å². The molecule has 0 heterocycles. The average Bonchev–Trinajstić information content (AvgIpc) is 2.16. The van der Waals surface area contributed by atoms with Crippen molar-refractivity contribution in [3.05, 3.63) is 53.9 Å². The first-order valence-electron chi connectivity index (χ1n) is 4.43. The summed E-state index contributed by atoms with van der Waals surface area (Å²) in [5.74, 6) is 0.133. The van der Waals surface area contributed by atoms with E-state index in [9.17, 15) is 0 Å². The summed E-state index contributed by atoms with van der Waals surface area (Å²) in [6.45, 7) is 9.83. The van der Waals surface area contributed by atoms with Crippen LogP contribution in [-0.2, 0) is 6.42 Å². The predicted octanol–water partition coefficient (Wildman–Crippen LogP) is 4.01. The number of halogens is 1. The lowest BCUT2D eigenvalue weighted by Crippen LogP contribution is -1.96. The van der Waals surface area contributed by atoms with E-state index in [4.69, 9.17) is 11.6 Å². The molecule has 69 valence electrons. The maximum absolute atomic E-state index is 6.07. The van der Waals surface area contributed by atoms with E-state index in [0.29, 0.717) is 0 Å². The van der Waals surface area contributed by atoms with Crippen LogP contribution in [0.1, 0.15) is 24.0 Å². The highest BCUT2D eigenvalue weighted by atomic mass is 35.5. The fraction of sp³-hybridized carbons (Fsp3) is 0.250. The van der Waals surface area contributed by atoms with Crippen LogP contribution in [0.3, 0.4) is 0 Å². The molecule has 0 saturated carbocycles. The molecule has 0 amide bonds. The molecule has 1 atom stereocenters. The monoisotopic (exact) mass is 193 g/mol. The van der Waals surface area contributed by atoms with Crippen LogP contribution in [0.15, 0.2) is 30.9 Å². The Hall–Kier alpha value is -0.750. The van der Waals surface area contributed by atoms with Gasteiger partial charge >= 0.3 is 0 Å². The lowest BCUT2D eigenvalue weighted by molar-refractivity contribution is 1.01. The number of hydrogen-bond acceptors (Lipinski definition) is 0. The molecule has 13 heavy (non-hydrogen) atoms. The number of hydrogen-bond donors (Lipinski definition) is 0. The van der Waals surface area contributed by atoms with Gasteiger partial charge < -0.3 is 0 Å². The van der Waals surface area contributed by atoms with Crippen LogP contribution >= 0.6 is 11.6 Å². The first-order valence-corrected chi connectivity index (χ1v) is 4.81. The Morgan fingerprint density at radius 3 is 2.77 bits per heavy atom. The van der Waals surface area contributed by atoms with Crippen molar-refractivity contribution >= 4 is 11.6 Å². The molecule has 0 aliphatic heterocycles. The minimum Gasteiger partial charge on any atom is -0.102 e. The third-order valence-corrected chi connectivity index (χ3v) is 2.55. The highest BCUT2D eigenvalue weighted by Crippen LogP contribution is 2.26. The van der Waals surface area contributed by atoms with Gasteiger partial charge in [-0.05, 0) is 30.5 Å². The second kappa shape index (κ2) is 4.48. The van der Waals surface area contributed by atoms with Gasteiger partial charge in [-0.2, -0.15) is 0 Å². The number of allylic oxidation sites excluding steroid dienone is 1. The lowest BCUT2D eigenvalue weighted by atomic mass is 9.94. The van der Waals surface area contributed by atoms with E-state index >= 15 is 0 Å². The quantitative estimate of drug-likeness (QED) is 0.637. The first kappa shape index (κ1) is 10.3. The van der Waals surface area contributed by atoms with Gasteiger partial charge in [0.2, 0.25) is 0 Å². The molecule has 0 N–H and O–H groups in total. The van der Waals surface area contributed by atoms with Gasteiger partial charge in [0.05, 0.1) is 0 Å². The van der Waals surface area contributed by atoms with Crippen LogP contribution in [0.4, 0.5) is 0 Å². The normalized spacial score (nSPS) is 12.5. The lowest BCUT2D eigenvalue weighted by Gasteiger charge is -2.12. The second-order valence-corrected chi connectivity index (χ2v) is 3.41. The van der Waals surface area contributed by atoms with Crippen molar-refractivity contribution in [2.75, 3.05) is 0 Å². The number of benzene rings is 1. The third kappa shape index (κ3) is 2.13. The summed E-state index contributed by atoms with van der Waals surface area (Å²) in [7, 11) is 0. The number of rotatable bonds is 3. The predicted molar refractivity (Wildman–Crippen MR) is 59.1 cm³/mol. The molecule has 1 rings (SSSR count). The summed E-state index contributed by atoms with van der Waals surface area (Å²) in [4.78, 5) is 0. The van der Waals surface area contributed by atoms with Gasteiger partial charge in [-0.1, -0.05) is 36.7 Å². The average molecular weight is 194 g/mol. The van der Waals surface area contributed by atoms with Crippen molar-refractivity contribution in [2.45, 2.75) is 19.3 Å². The van der Waals surface area contributed by atoms with Crippen LogP contribution in [0.2, 0.25) is 5.02 Å². The van der Waals surface area contributed by atoms with Gasteiger partial charge in [0.15, 0.2) is 0 Å². The van der Waals surface area contributed by atoms with Crippen LogP contribution in [0.25, 0.3) is 0 Å². The Kier molecular flexibility index (Phi) is 3.56. The summed E-state index contributed by atoms with van der Waals surface area (Å²) in [6.07, 6.45) is 2.78. The Balaban J connectivity index is 3.19. The van der Waals surface area contributed by atoms with Crippen LogP contribution < -0.4 is 0 Å². The Morgan fingerprint density at radius 2 is 2.23 bits per heavy atom. The standard InChI is InChI=1S/C12H14Cl/c1-4-9(3)11-7-6-8-12(13)10(11)5-2/h4,6-9H,1,3,5H2,2H3. The Morgan fingerprint density at radius 1 is 1.54 bits per heavy atom. The summed E-state index contributed by atoms with van der Waals surface area (Å²) >= 11 is 6.07. The summed E-state index contributed by atoms with van der Waals surface area (Å²) < 4.78 is 0. The molecule has 0 aliphatic rings. The van der Waals surface area contributed by atoms with Crippen molar-refractivity contribution < 1.29 is 0 Å². The molecule has 0 spiro atoms. The highest BCUT2D eigenvalue weighted by molar-refractivity contribution is 6.31. The molecule has 0 aromatic heterocycles. The Labute approximate surface area is 85.2 Å². The fourth-order valence-electron chi connectivity index (χ4n) is 1.42. The van der Waals surface area contributed by atoms with Crippen molar-refractivity contribution in [1.82, 2.24) is 0 Å². The largest absolute Gasteiger partial charge is 0.102 e. The SMILES string of the molecule is [CH2]C(C=C)c1cccc(Cl)c1CC. The smallest absolute Gasteiger partial charge is 0.0440 e. The maximum atomic E-state index is 6.07. The molecular formula is C12H14Cl. The second-order valence-electron chi connectivity index (χ2n) is 3.00. The molecule has 0 nitrogen and oxygen atoms in total. The molecule has 1 unspecified atom stereocenters. The van der Waals surface area contributed by atoms with Gasteiger partial charge in [-0.25, -0.2) is 0 Å². The minimum absolute atomic E-state index is 0.133. The summed E-state index contributed by atoms with van der Waals surface area (Å²) in [5, 5.41) is 0.829. The van der Waals surface area contributed by atoms with Gasteiger partial charge in [-0.15, -0.1) is 6.58 Å². The molecule has 0 bridgehead atoms. The van der Waals surface area contributed by atoms with E-state index in [1.54, 1.807) is 0 Å². The van der Waals surface area contributed by atoms with Gasteiger partial charge in [0, 0.05) is 10.9 Å². The zero-order valence-corrected chi connectivity index (χ0v) is 8.64. The van der Waals surface area contributed by atoms with Gasteiger partial charge in [0.1, 0.15) is 0 Å². The highest BCUT2D eigenvalue weighted by Gasteiger charge is 2.08. The third-order valence-electron chi connectivity index (χ3n) is 2.19. The van der Waals surface area contributed by atoms with E-state index in [1.165, 1.54) is 11.1 Å². The summed E-state index contributed by atoms with van der Waals surface area (Å²) in [5.41, 5.74) is 2.37. The van der Waals surface area contributed by atoms with E-state index in [1.807, 2.05) is 18.2 Å². The molecule has 0 aliphatic carbocycles. The van der Waals surface area contributed by atoms with Crippen LogP contribution in [-0.4, -0.2) is 0 Å². The Bertz CT molecular complexity index is 302. The van der Waals surface area contributed by atoms with Crippen molar-refractivity contribution in [1.29, 1.82) is 0 Å². The maximum Gasteiger partial charge on any atom is 0.0440 e. The topological polar surface area (TPSA) is 0 Å². The summed E-state index contributed by atoms with van der Waals surface area (Å²) in [6, 6.07) is 5.93. The zero-order valence-electron chi connectivity index (χ0n) is 7.89. The molecule has 0 fully saturated rings. The zero-order chi connectivity index (χ0) is 9.84. The van der Waals surface area contributed by atoms with Crippen LogP contribution in [0.5, 0.6) is 0 Å². The molecule has 0 saturated heterocycles. The fourth-order valence-corrected chi connectivity index (χ4v) is 1.74. The van der Waals surface area contributed by atoms with Gasteiger partial charge in [-0.3, -0.25) is 0 Å². The van der Waals surface area contributed by atoms with Crippen molar-refractivity contribution in [2.24, 2.45) is 0 Å². The molecule has 1 radical (unpaired) electrons. The van der Waals surface area contributed by atoms with Crippen molar-refractivity contribution in [3.63, 3.8) is 0 Å². The van der Waals surface area contributed by atoms with E-state index in [2.05, 4.69) is 26.5 Å². The van der Waals surface area contributed by atoms with E-state index in [-0.39, 0.29) is 5.92 Å². The molecule has 1 aromatic rings. The molecular weight excluding hydrogens is 180 g/mol.